The Kier molecular flexibility index (Phi) is 6.08. The van der Waals surface area contributed by atoms with E-state index < -0.39 is 0 Å². The highest BCUT2D eigenvalue weighted by Gasteiger charge is 2.11. The second-order valence-electron chi connectivity index (χ2n) is 5.37. The van der Waals surface area contributed by atoms with Crippen LogP contribution in [0.25, 0.3) is 0 Å². The van der Waals surface area contributed by atoms with Crippen LogP contribution in [-0.2, 0) is 4.79 Å². The fourth-order valence-corrected chi connectivity index (χ4v) is 2.07. The van der Waals surface area contributed by atoms with Crippen molar-refractivity contribution in [3.63, 3.8) is 0 Å². The number of nitrogens with zero attached hydrogens (tertiary/aromatic N) is 2. The van der Waals surface area contributed by atoms with Gasteiger partial charge in [-0.3, -0.25) is 9.79 Å². The van der Waals surface area contributed by atoms with Crippen molar-refractivity contribution in [2.75, 3.05) is 46.2 Å². The number of benzene rings is 1. The van der Waals surface area contributed by atoms with Crippen LogP contribution < -0.4 is 20.1 Å². The van der Waals surface area contributed by atoms with Crippen molar-refractivity contribution < 1.29 is 14.3 Å². The molecule has 0 fully saturated rings. The zero-order chi connectivity index (χ0) is 16.7. The summed E-state index contributed by atoms with van der Waals surface area (Å²) in [7, 11) is 5.17. The average molecular weight is 320 g/mol. The minimum absolute atomic E-state index is 0.0727. The van der Waals surface area contributed by atoms with E-state index in [0.29, 0.717) is 32.1 Å². The largest absolute Gasteiger partial charge is 0.490 e. The van der Waals surface area contributed by atoms with Crippen LogP contribution in [-0.4, -0.2) is 57.7 Å². The number of carbonyl (C=O) groups excluding carboxylic acids is 1. The molecule has 0 saturated heterocycles. The number of hydrogen-bond donors (Lipinski definition) is 2. The number of nitrogens with one attached hydrogen (secondary N) is 2. The standard InChI is InChI=1S/C16H24N4O3/c1-17-16(18-8-7-15(21)20(2)3)19-12-5-6-13-14(11-12)23-10-4-9-22-13/h5-6,11H,4,7-10H2,1-3H3,(H2,17,18,19). The van der Waals surface area contributed by atoms with Gasteiger partial charge in [0, 0.05) is 52.3 Å². The third-order valence-electron chi connectivity index (χ3n) is 3.36. The number of anilines is 1. The van der Waals surface area contributed by atoms with E-state index in [9.17, 15) is 4.79 Å². The molecule has 1 heterocycles. The number of ether oxygens (including phenoxy) is 2. The molecule has 0 bridgehead atoms. The van der Waals surface area contributed by atoms with Crippen LogP contribution in [0.3, 0.4) is 0 Å². The summed E-state index contributed by atoms with van der Waals surface area (Å²) < 4.78 is 11.3. The predicted molar refractivity (Wildman–Crippen MR) is 90.3 cm³/mol. The normalized spacial score (nSPS) is 14.0. The summed E-state index contributed by atoms with van der Waals surface area (Å²) in [4.78, 5) is 17.3. The molecule has 7 heteroatoms. The van der Waals surface area contributed by atoms with Crippen molar-refractivity contribution >= 4 is 17.6 Å². The van der Waals surface area contributed by atoms with Gasteiger partial charge in [0.15, 0.2) is 17.5 Å². The predicted octanol–water partition coefficient (Wildman–Crippen LogP) is 1.31. The first kappa shape index (κ1) is 16.9. The van der Waals surface area contributed by atoms with E-state index in [1.165, 1.54) is 0 Å². The first-order valence-electron chi connectivity index (χ1n) is 7.67. The molecule has 1 aromatic rings. The van der Waals surface area contributed by atoms with Crippen LogP contribution in [0.1, 0.15) is 12.8 Å². The number of aliphatic imine (C=N–C) groups is 1. The van der Waals surface area contributed by atoms with Crippen molar-refractivity contribution in [3.05, 3.63) is 18.2 Å². The quantitative estimate of drug-likeness (QED) is 0.646. The van der Waals surface area contributed by atoms with E-state index in [1.54, 1.807) is 26.0 Å². The van der Waals surface area contributed by atoms with E-state index in [1.807, 2.05) is 18.2 Å². The van der Waals surface area contributed by atoms with Gasteiger partial charge in [-0.25, -0.2) is 0 Å². The van der Waals surface area contributed by atoms with E-state index in [0.717, 1.165) is 23.6 Å². The number of carbonyl (C=O) groups is 1. The summed E-state index contributed by atoms with van der Waals surface area (Å²) in [6, 6.07) is 5.68. The second kappa shape index (κ2) is 8.26. The number of amides is 1. The molecular weight excluding hydrogens is 296 g/mol. The first-order chi connectivity index (χ1) is 11.1. The average Bonchev–Trinajstić information content (AvgIpc) is 2.78. The van der Waals surface area contributed by atoms with Gasteiger partial charge in [0.2, 0.25) is 5.91 Å². The molecule has 7 nitrogen and oxygen atoms in total. The molecule has 0 aromatic heterocycles. The SMILES string of the molecule is CN=C(NCCC(=O)N(C)C)Nc1ccc2c(c1)OCCCO2. The number of hydrogen-bond acceptors (Lipinski definition) is 4. The van der Waals surface area contributed by atoms with Gasteiger partial charge in [0.25, 0.3) is 0 Å². The second-order valence-corrected chi connectivity index (χ2v) is 5.37. The Morgan fingerprint density at radius 3 is 2.70 bits per heavy atom. The van der Waals surface area contributed by atoms with Crippen LogP contribution in [0.2, 0.25) is 0 Å². The molecule has 0 saturated carbocycles. The third kappa shape index (κ3) is 5.05. The fraction of sp³-hybridized carbons (Fsp3) is 0.500. The summed E-state index contributed by atoms with van der Waals surface area (Å²) in [5.74, 6) is 2.16. The molecule has 1 aliphatic rings. The van der Waals surface area contributed by atoms with Gasteiger partial charge in [-0.05, 0) is 12.1 Å². The highest BCUT2D eigenvalue weighted by molar-refractivity contribution is 5.94. The number of rotatable bonds is 4. The molecule has 1 aromatic carbocycles. The van der Waals surface area contributed by atoms with Crippen LogP contribution in [0, 0.1) is 0 Å². The van der Waals surface area contributed by atoms with E-state index in [-0.39, 0.29) is 5.91 Å². The maximum Gasteiger partial charge on any atom is 0.223 e. The lowest BCUT2D eigenvalue weighted by molar-refractivity contribution is -0.128. The lowest BCUT2D eigenvalue weighted by atomic mass is 10.2. The molecule has 0 aliphatic carbocycles. The van der Waals surface area contributed by atoms with Crippen LogP contribution in [0.15, 0.2) is 23.2 Å². The Morgan fingerprint density at radius 1 is 1.26 bits per heavy atom. The van der Waals surface area contributed by atoms with Gasteiger partial charge in [-0.1, -0.05) is 0 Å². The maximum atomic E-state index is 11.6. The highest BCUT2D eigenvalue weighted by Crippen LogP contribution is 2.32. The number of guanidine groups is 1. The smallest absolute Gasteiger partial charge is 0.223 e. The summed E-state index contributed by atoms with van der Waals surface area (Å²) in [6.07, 6.45) is 1.29. The van der Waals surface area contributed by atoms with Crippen molar-refractivity contribution in [1.82, 2.24) is 10.2 Å². The Hall–Kier alpha value is -2.44. The topological polar surface area (TPSA) is 75.2 Å². The van der Waals surface area contributed by atoms with Gasteiger partial charge in [-0.2, -0.15) is 0 Å². The van der Waals surface area contributed by atoms with Gasteiger partial charge < -0.3 is 25.0 Å². The molecule has 1 amide bonds. The zero-order valence-electron chi connectivity index (χ0n) is 13.9. The van der Waals surface area contributed by atoms with Crippen molar-refractivity contribution in [1.29, 1.82) is 0 Å². The Labute approximate surface area is 136 Å². The molecule has 0 unspecified atom stereocenters. The lowest BCUT2D eigenvalue weighted by Gasteiger charge is -2.15. The Bertz CT molecular complexity index is 572. The van der Waals surface area contributed by atoms with Crippen LogP contribution in [0.5, 0.6) is 11.5 Å². The van der Waals surface area contributed by atoms with Crippen LogP contribution >= 0.6 is 0 Å². The van der Waals surface area contributed by atoms with E-state index in [4.69, 9.17) is 9.47 Å². The molecule has 2 N–H and O–H groups in total. The summed E-state index contributed by atoms with van der Waals surface area (Å²) in [5.41, 5.74) is 0.848. The maximum absolute atomic E-state index is 11.6. The zero-order valence-corrected chi connectivity index (χ0v) is 13.9. The summed E-state index contributed by atoms with van der Waals surface area (Å²) in [6.45, 7) is 1.83. The molecule has 23 heavy (non-hydrogen) atoms. The first-order valence-corrected chi connectivity index (χ1v) is 7.67. The minimum atomic E-state index is 0.0727. The molecule has 0 spiro atoms. The fourth-order valence-electron chi connectivity index (χ4n) is 2.07. The van der Waals surface area contributed by atoms with Crippen molar-refractivity contribution in [2.24, 2.45) is 4.99 Å². The summed E-state index contributed by atoms with van der Waals surface area (Å²) in [5, 5.41) is 6.30. The van der Waals surface area contributed by atoms with Crippen LogP contribution in [0.4, 0.5) is 5.69 Å². The summed E-state index contributed by atoms with van der Waals surface area (Å²) >= 11 is 0. The van der Waals surface area contributed by atoms with E-state index >= 15 is 0 Å². The monoisotopic (exact) mass is 320 g/mol. The Balaban J connectivity index is 1.91. The Morgan fingerprint density at radius 2 is 2.00 bits per heavy atom. The lowest BCUT2D eigenvalue weighted by Crippen LogP contribution is -2.34. The van der Waals surface area contributed by atoms with E-state index in [2.05, 4.69) is 15.6 Å². The number of fused-ring (bicyclic) bond motifs is 1. The molecule has 0 radical (unpaired) electrons. The van der Waals surface area contributed by atoms with Crippen molar-refractivity contribution in [2.45, 2.75) is 12.8 Å². The molecule has 126 valence electrons. The van der Waals surface area contributed by atoms with Gasteiger partial charge in [-0.15, -0.1) is 0 Å². The van der Waals surface area contributed by atoms with Gasteiger partial charge in [0.05, 0.1) is 13.2 Å². The molecule has 1 aliphatic heterocycles. The van der Waals surface area contributed by atoms with Gasteiger partial charge in [0.1, 0.15) is 0 Å². The molecule has 0 atom stereocenters. The third-order valence-corrected chi connectivity index (χ3v) is 3.36. The highest BCUT2D eigenvalue weighted by atomic mass is 16.5. The molecular formula is C16H24N4O3. The minimum Gasteiger partial charge on any atom is -0.490 e. The molecule has 2 rings (SSSR count). The van der Waals surface area contributed by atoms with Gasteiger partial charge >= 0.3 is 0 Å². The van der Waals surface area contributed by atoms with Crippen molar-refractivity contribution in [3.8, 4) is 11.5 Å².